The first-order valence-electron chi connectivity index (χ1n) is 12.5. The Bertz CT molecular complexity index is 1640. The molecule has 8 nitrogen and oxygen atoms in total. The van der Waals surface area contributed by atoms with Crippen molar-refractivity contribution in [2.75, 3.05) is 17.2 Å². The SMILES string of the molecule is O=C(COc1ccc(/C=N/NC(=O)c2ccc(-c3csc(Nc4ccccc4)n3)cc2)cc1)Nc1ccc(F)cc1. The molecule has 0 saturated carbocycles. The number of nitrogens with zero attached hydrogens (tertiary/aromatic N) is 2. The Morgan fingerprint density at radius 3 is 2.34 bits per heavy atom. The molecule has 0 atom stereocenters. The Morgan fingerprint density at radius 1 is 0.878 bits per heavy atom. The zero-order valence-electron chi connectivity index (χ0n) is 21.6. The van der Waals surface area contributed by atoms with Gasteiger partial charge in [-0.3, -0.25) is 9.59 Å². The molecule has 0 saturated heterocycles. The molecule has 204 valence electrons. The van der Waals surface area contributed by atoms with Gasteiger partial charge in [0.25, 0.3) is 11.8 Å². The number of hydrazone groups is 1. The van der Waals surface area contributed by atoms with Gasteiger partial charge in [-0.15, -0.1) is 11.3 Å². The standard InChI is InChI=1S/C31H24FN5O3S/c32-24-12-14-26(15-13-24)34-29(38)19-40-27-16-6-21(7-17-27)18-33-37-30(39)23-10-8-22(9-11-23)28-20-41-31(36-28)35-25-4-2-1-3-5-25/h1-18,20H,19H2,(H,34,38)(H,35,36)(H,37,39)/b33-18+. The second-order valence-corrected chi connectivity index (χ2v) is 9.58. The van der Waals surface area contributed by atoms with Gasteiger partial charge < -0.3 is 15.4 Å². The average Bonchev–Trinajstić information content (AvgIpc) is 3.47. The van der Waals surface area contributed by atoms with E-state index in [0.29, 0.717) is 17.0 Å². The van der Waals surface area contributed by atoms with Crippen LogP contribution in [0.5, 0.6) is 5.75 Å². The van der Waals surface area contributed by atoms with E-state index in [2.05, 4.69) is 26.1 Å². The summed E-state index contributed by atoms with van der Waals surface area (Å²) >= 11 is 1.51. The number of ether oxygens (including phenoxy) is 1. The molecule has 0 bridgehead atoms. The van der Waals surface area contributed by atoms with Crippen LogP contribution in [0.3, 0.4) is 0 Å². The highest BCUT2D eigenvalue weighted by Gasteiger charge is 2.08. The molecular formula is C31H24FN5O3S. The number of aromatic nitrogens is 1. The lowest BCUT2D eigenvalue weighted by Crippen LogP contribution is -2.20. The zero-order chi connectivity index (χ0) is 28.4. The van der Waals surface area contributed by atoms with Crippen molar-refractivity contribution in [3.63, 3.8) is 0 Å². The fourth-order valence-electron chi connectivity index (χ4n) is 3.66. The Balaban J connectivity index is 1.08. The van der Waals surface area contributed by atoms with Crippen LogP contribution >= 0.6 is 11.3 Å². The molecule has 41 heavy (non-hydrogen) atoms. The fourth-order valence-corrected chi connectivity index (χ4v) is 4.40. The van der Waals surface area contributed by atoms with E-state index in [4.69, 9.17) is 4.74 Å². The van der Waals surface area contributed by atoms with E-state index in [1.807, 2.05) is 47.8 Å². The molecule has 0 aliphatic rings. The molecule has 0 spiro atoms. The minimum Gasteiger partial charge on any atom is -0.484 e. The minimum absolute atomic E-state index is 0.201. The highest BCUT2D eigenvalue weighted by molar-refractivity contribution is 7.14. The number of anilines is 3. The summed E-state index contributed by atoms with van der Waals surface area (Å²) in [6.07, 6.45) is 1.51. The van der Waals surface area contributed by atoms with Gasteiger partial charge in [0.1, 0.15) is 11.6 Å². The topological polar surface area (TPSA) is 105 Å². The number of carbonyl (C=O) groups is 2. The number of thiazole rings is 1. The lowest BCUT2D eigenvalue weighted by atomic mass is 10.1. The molecule has 10 heteroatoms. The Morgan fingerprint density at radius 2 is 1.61 bits per heavy atom. The second-order valence-electron chi connectivity index (χ2n) is 8.72. The molecular weight excluding hydrogens is 541 g/mol. The smallest absolute Gasteiger partial charge is 0.271 e. The van der Waals surface area contributed by atoms with Gasteiger partial charge in [0, 0.05) is 27.9 Å². The molecule has 1 heterocycles. The van der Waals surface area contributed by atoms with Crippen molar-refractivity contribution in [2.45, 2.75) is 0 Å². The van der Waals surface area contributed by atoms with Gasteiger partial charge in [-0.2, -0.15) is 5.10 Å². The summed E-state index contributed by atoms with van der Waals surface area (Å²) in [4.78, 5) is 29.2. The van der Waals surface area contributed by atoms with E-state index in [1.165, 1.54) is 41.8 Å². The van der Waals surface area contributed by atoms with E-state index in [1.54, 1.807) is 36.4 Å². The van der Waals surface area contributed by atoms with Crippen LogP contribution in [-0.2, 0) is 4.79 Å². The predicted octanol–water partition coefficient (Wildman–Crippen LogP) is 6.47. The first-order valence-corrected chi connectivity index (χ1v) is 13.4. The van der Waals surface area contributed by atoms with E-state index in [0.717, 1.165) is 27.6 Å². The molecule has 0 radical (unpaired) electrons. The van der Waals surface area contributed by atoms with Crippen LogP contribution in [0.4, 0.5) is 20.9 Å². The van der Waals surface area contributed by atoms with Crippen LogP contribution in [-0.4, -0.2) is 29.6 Å². The summed E-state index contributed by atoms with van der Waals surface area (Å²) in [5.41, 5.74) is 6.88. The minimum atomic E-state index is -0.379. The van der Waals surface area contributed by atoms with Crippen LogP contribution in [0, 0.1) is 5.82 Å². The van der Waals surface area contributed by atoms with Gasteiger partial charge in [-0.05, 0) is 78.4 Å². The molecule has 0 fully saturated rings. The van der Waals surface area contributed by atoms with Crippen molar-refractivity contribution in [1.82, 2.24) is 10.4 Å². The first-order chi connectivity index (χ1) is 20.0. The summed E-state index contributed by atoms with van der Waals surface area (Å²) in [6, 6.07) is 29.3. The van der Waals surface area contributed by atoms with Crippen molar-refractivity contribution in [3.05, 3.63) is 125 Å². The lowest BCUT2D eigenvalue weighted by molar-refractivity contribution is -0.118. The number of carbonyl (C=O) groups excluding carboxylic acids is 2. The van der Waals surface area contributed by atoms with Crippen molar-refractivity contribution >= 4 is 45.9 Å². The van der Waals surface area contributed by atoms with Crippen LogP contribution in [0.2, 0.25) is 0 Å². The summed E-state index contributed by atoms with van der Waals surface area (Å²) < 4.78 is 18.4. The number of benzene rings is 4. The second kappa shape index (κ2) is 13.1. The maximum atomic E-state index is 13.0. The van der Waals surface area contributed by atoms with Crippen molar-refractivity contribution in [1.29, 1.82) is 0 Å². The van der Waals surface area contributed by atoms with Crippen molar-refractivity contribution < 1.29 is 18.7 Å². The lowest BCUT2D eigenvalue weighted by Gasteiger charge is -2.07. The third-order valence-corrected chi connectivity index (χ3v) is 6.49. The summed E-state index contributed by atoms with van der Waals surface area (Å²) in [6.45, 7) is -0.201. The van der Waals surface area contributed by atoms with Gasteiger partial charge >= 0.3 is 0 Å². The van der Waals surface area contributed by atoms with Crippen LogP contribution in [0.25, 0.3) is 11.3 Å². The zero-order valence-corrected chi connectivity index (χ0v) is 22.4. The number of amides is 2. The van der Waals surface area contributed by atoms with E-state index >= 15 is 0 Å². The summed E-state index contributed by atoms with van der Waals surface area (Å²) in [5.74, 6) is -0.599. The number of hydrogen-bond acceptors (Lipinski definition) is 7. The molecule has 0 aliphatic carbocycles. The first kappa shape index (κ1) is 27.2. The Hall–Kier alpha value is -5.35. The molecule has 0 aliphatic heterocycles. The molecule has 2 amide bonds. The monoisotopic (exact) mass is 565 g/mol. The van der Waals surface area contributed by atoms with Gasteiger partial charge in [0.15, 0.2) is 11.7 Å². The summed E-state index contributed by atoms with van der Waals surface area (Å²) in [7, 11) is 0. The molecule has 1 aromatic heterocycles. The molecule has 3 N–H and O–H groups in total. The third kappa shape index (κ3) is 7.84. The fraction of sp³-hybridized carbons (Fsp3) is 0.0323. The quantitative estimate of drug-likeness (QED) is 0.133. The van der Waals surface area contributed by atoms with Gasteiger partial charge in [0.05, 0.1) is 11.9 Å². The Labute approximate surface area is 239 Å². The number of halogens is 1. The molecule has 4 aromatic carbocycles. The third-order valence-electron chi connectivity index (χ3n) is 5.73. The van der Waals surface area contributed by atoms with Crippen LogP contribution in [0.15, 0.2) is 114 Å². The van der Waals surface area contributed by atoms with Crippen molar-refractivity contribution in [2.24, 2.45) is 5.10 Å². The van der Waals surface area contributed by atoms with Gasteiger partial charge in [-0.1, -0.05) is 30.3 Å². The van der Waals surface area contributed by atoms with Crippen molar-refractivity contribution in [3.8, 4) is 17.0 Å². The molecule has 0 unspecified atom stereocenters. The normalized spacial score (nSPS) is 10.8. The predicted molar refractivity (Wildman–Crippen MR) is 159 cm³/mol. The number of rotatable bonds is 10. The van der Waals surface area contributed by atoms with Gasteiger partial charge in [-0.25, -0.2) is 14.8 Å². The number of nitrogens with one attached hydrogen (secondary N) is 3. The number of hydrogen-bond donors (Lipinski definition) is 3. The van der Waals surface area contributed by atoms with E-state index in [-0.39, 0.29) is 24.2 Å². The number of para-hydroxylation sites is 1. The largest absolute Gasteiger partial charge is 0.484 e. The highest BCUT2D eigenvalue weighted by atomic mass is 32.1. The Kier molecular flexibility index (Phi) is 8.72. The highest BCUT2D eigenvalue weighted by Crippen LogP contribution is 2.27. The summed E-state index contributed by atoms with van der Waals surface area (Å²) in [5, 5.41) is 12.7. The van der Waals surface area contributed by atoms with E-state index < -0.39 is 0 Å². The average molecular weight is 566 g/mol. The van der Waals surface area contributed by atoms with Gasteiger partial charge in [0.2, 0.25) is 0 Å². The van der Waals surface area contributed by atoms with Crippen LogP contribution in [0.1, 0.15) is 15.9 Å². The molecule has 5 aromatic rings. The van der Waals surface area contributed by atoms with E-state index in [9.17, 15) is 14.0 Å². The molecule has 5 rings (SSSR count). The van der Waals surface area contributed by atoms with Crippen LogP contribution < -0.4 is 20.8 Å². The maximum Gasteiger partial charge on any atom is 0.271 e. The maximum absolute atomic E-state index is 13.0.